The number of hydrogen-bond donors (Lipinski definition) is 1. The summed E-state index contributed by atoms with van der Waals surface area (Å²) in [6, 6.07) is 6.75. The monoisotopic (exact) mass is 208 g/mol. The summed E-state index contributed by atoms with van der Waals surface area (Å²) in [5.41, 5.74) is 0.828. The zero-order chi connectivity index (χ0) is 10.7. The van der Waals surface area contributed by atoms with Gasteiger partial charge in [0.15, 0.2) is 6.29 Å². The van der Waals surface area contributed by atoms with E-state index >= 15 is 0 Å². The molecule has 0 amide bonds. The van der Waals surface area contributed by atoms with E-state index < -0.39 is 12.3 Å². The molecule has 80 valence electrons. The van der Waals surface area contributed by atoms with E-state index in [2.05, 4.69) is 0 Å². The Morgan fingerprint density at radius 1 is 1.27 bits per heavy atom. The first kappa shape index (κ1) is 10.1. The molecule has 1 aliphatic rings. The molecule has 0 unspecified atom stereocenters. The topological polar surface area (TPSA) is 55.8 Å². The van der Waals surface area contributed by atoms with Crippen molar-refractivity contribution in [1.82, 2.24) is 0 Å². The molecular weight excluding hydrogens is 196 g/mol. The predicted molar refractivity (Wildman–Crippen MR) is 52.7 cm³/mol. The van der Waals surface area contributed by atoms with E-state index in [1.165, 1.54) is 0 Å². The van der Waals surface area contributed by atoms with Crippen LogP contribution in [0.5, 0.6) is 0 Å². The molecule has 1 N–H and O–H groups in total. The van der Waals surface area contributed by atoms with E-state index in [0.29, 0.717) is 18.8 Å². The summed E-state index contributed by atoms with van der Waals surface area (Å²) in [5, 5.41) is 8.99. The van der Waals surface area contributed by atoms with Crippen molar-refractivity contribution in [2.75, 3.05) is 13.2 Å². The number of carboxylic acid groups (broad SMARTS) is 1. The molecule has 0 atom stereocenters. The fraction of sp³-hybridized carbons (Fsp3) is 0.364. The van der Waals surface area contributed by atoms with Gasteiger partial charge in [-0.3, -0.25) is 0 Å². The van der Waals surface area contributed by atoms with Gasteiger partial charge in [0, 0.05) is 5.56 Å². The second-order valence-corrected chi connectivity index (χ2v) is 3.32. The van der Waals surface area contributed by atoms with Crippen LogP contribution in [0, 0.1) is 0 Å². The highest BCUT2D eigenvalue weighted by molar-refractivity contribution is 5.89. The van der Waals surface area contributed by atoms with Crippen LogP contribution in [0.25, 0.3) is 0 Å². The Bertz CT molecular complexity index is 355. The molecule has 4 nitrogen and oxygen atoms in total. The smallest absolute Gasteiger partial charge is 0.336 e. The molecule has 0 saturated carbocycles. The second kappa shape index (κ2) is 4.42. The van der Waals surface area contributed by atoms with Crippen molar-refractivity contribution in [3.8, 4) is 0 Å². The molecule has 0 bridgehead atoms. The van der Waals surface area contributed by atoms with Gasteiger partial charge < -0.3 is 14.6 Å². The first-order chi connectivity index (χ1) is 7.29. The van der Waals surface area contributed by atoms with Crippen LogP contribution in [0.2, 0.25) is 0 Å². The molecule has 1 saturated heterocycles. The molecule has 1 aliphatic heterocycles. The number of aromatic carboxylic acids is 1. The van der Waals surface area contributed by atoms with Crippen molar-refractivity contribution < 1.29 is 19.4 Å². The van der Waals surface area contributed by atoms with E-state index in [1.54, 1.807) is 24.3 Å². The number of ether oxygens (including phenoxy) is 2. The first-order valence-electron chi connectivity index (χ1n) is 4.84. The van der Waals surface area contributed by atoms with E-state index in [4.69, 9.17) is 14.6 Å². The summed E-state index contributed by atoms with van der Waals surface area (Å²) >= 11 is 0. The Labute approximate surface area is 87.4 Å². The zero-order valence-corrected chi connectivity index (χ0v) is 8.18. The third-order valence-electron chi connectivity index (χ3n) is 2.27. The second-order valence-electron chi connectivity index (χ2n) is 3.32. The molecule has 1 aromatic rings. The maximum Gasteiger partial charge on any atom is 0.336 e. The van der Waals surface area contributed by atoms with Gasteiger partial charge in [0.1, 0.15) is 0 Å². The van der Waals surface area contributed by atoms with E-state index in [0.717, 1.165) is 6.42 Å². The van der Waals surface area contributed by atoms with E-state index in [1.807, 2.05) is 0 Å². The maximum absolute atomic E-state index is 11.0. The minimum absolute atomic E-state index is 0.240. The summed E-state index contributed by atoms with van der Waals surface area (Å²) in [5.74, 6) is -0.955. The molecular formula is C11H12O4. The van der Waals surface area contributed by atoms with Gasteiger partial charge in [0.2, 0.25) is 0 Å². The molecule has 0 aliphatic carbocycles. The SMILES string of the molecule is O=C(O)c1ccccc1C1OCCCO1. The van der Waals surface area contributed by atoms with Gasteiger partial charge in [-0.2, -0.15) is 0 Å². The van der Waals surface area contributed by atoms with Crippen LogP contribution in [0.3, 0.4) is 0 Å². The summed E-state index contributed by atoms with van der Waals surface area (Å²) in [4.78, 5) is 11.0. The molecule has 0 aromatic heterocycles. The molecule has 0 spiro atoms. The standard InChI is InChI=1S/C11H12O4/c12-10(13)8-4-1-2-5-9(8)11-14-6-3-7-15-11/h1-2,4-5,11H,3,6-7H2,(H,12,13). The number of benzene rings is 1. The molecule has 4 heteroatoms. The van der Waals surface area contributed by atoms with Gasteiger partial charge in [-0.05, 0) is 12.5 Å². The van der Waals surface area contributed by atoms with Crippen LogP contribution in [0.4, 0.5) is 0 Å². The van der Waals surface area contributed by atoms with Crippen LogP contribution in [0.15, 0.2) is 24.3 Å². The van der Waals surface area contributed by atoms with Crippen molar-refractivity contribution in [2.45, 2.75) is 12.7 Å². The third-order valence-corrected chi connectivity index (χ3v) is 2.27. The predicted octanol–water partition coefficient (Wildman–Crippen LogP) is 1.82. The van der Waals surface area contributed by atoms with Crippen molar-refractivity contribution in [3.05, 3.63) is 35.4 Å². The molecule has 1 fully saturated rings. The lowest BCUT2D eigenvalue weighted by molar-refractivity contribution is -0.183. The first-order valence-corrected chi connectivity index (χ1v) is 4.84. The largest absolute Gasteiger partial charge is 0.478 e. The summed E-state index contributed by atoms with van der Waals surface area (Å²) in [6.07, 6.45) is 0.317. The number of hydrogen-bond acceptors (Lipinski definition) is 3. The maximum atomic E-state index is 11.0. The lowest BCUT2D eigenvalue weighted by atomic mass is 10.1. The molecule has 0 radical (unpaired) electrons. The lowest BCUT2D eigenvalue weighted by Gasteiger charge is -2.24. The fourth-order valence-corrected chi connectivity index (χ4v) is 1.56. The number of carbonyl (C=O) groups is 1. The average Bonchev–Trinajstić information content (AvgIpc) is 2.30. The summed E-state index contributed by atoms with van der Waals surface area (Å²) < 4.78 is 10.7. The minimum atomic E-state index is -0.955. The summed E-state index contributed by atoms with van der Waals surface area (Å²) in [7, 11) is 0. The van der Waals surface area contributed by atoms with E-state index in [9.17, 15) is 4.79 Å². The van der Waals surface area contributed by atoms with Crippen LogP contribution < -0.4 is 0 Å². The Kier molecular flexibility index (Phi) is 2.99. The Balaban J connectivity index is 2.29. The van der Waals surface area contributed by atoms with Crippen molar-refractivity contribution >= 4 is 5.97 Å². The molecule has 15 heavy (non-hydrogen) atoms. The normalized spacial score (nSPS) is 17.6. The Hall–Kier alpha value is -1.39. The van der Waals surface area contributed by atoms with Gasteiger partial charge in [-0.1, -0.05) is 18.2 Å². The zero-order valence-electron chi connectivity index (χ0n) is 8.18. The van der Waals surface area contributed by atoms with Gasteiger partial charge in [0.25, 0.3) is 0 Å². The Morgan fingerprint density at radius 2 is 1.93 bits per heavy atom. The highest BCUT2D eigenvalue weighted by Gasteiger charge is 2.21. The van der Waals surface area contributed by atoms with Crippen LogP contribution in [0.1, 0.15) is 28.6 Å². The van der Waals surface area contributed by atoms with E-state index in [-0.39, 0.29) is 5.56 Å². The van der Waals surface area contributed by atoms with Crippen LogP contribution >= 0.6 is 0 Å². The van der Waals surface area contributed by atoms with Crippen LogP contribution in [-0.4, -0.2) is 24.3 Å². The van der Waals surface area contributed by atoms with Crippen molar-refractivity contribution in [2.24, 2.45) is 0 Å². The molecule has 1 aromatic carbocycles. The highest BCUT2D eigenvalue weighted by atomic mass is 16.7. The van der Waals surface area contributed by atoms with Crippen molar-refractivity contribution in [3.63, 3.8) is 0 Å². The van der Waals surface area contributed by atoms with Gasteiger partial charge in [-0.25, -0.2) is 4.79 Å². The minimum Gasteiger partial charge on any atom is -0.478 e. The molecule has 1 heterocycles. The third kappa shape index (κ3) is 2.16. The average molecular weight is 208 g/mol. The number of rotatable bonds is 2. The Morgan fingerprint density at radius 3 is 2.60 bits per heavy atom. The highest BCUT2D eigenvalue weighted by Crippen LogP contribution is 2.25. The fourth-order valence-electron chi connectivity index (χ4n) is 1.56. The molecule has 2 rings (SSSR count). The van der Waals surface area contributed by atoms with Gasteiger partial charge in [0.05, 0.1) is 18.8 Å². The van der Waals surface area contributed by atoms with Crippen LogP contribution in [-0.2, 0) is 9.47 Å². The quantitative estimate of drug-likeness (QED) is 0.805. The van der Waals surface area contributed by atoms with Crippen molar-refractivity contribution in [1.29, 1.82) is 0 Å². The summed E-state index contributed by atoms with van der Waals surface area (Å²) in [6.45, 7) is 1.22. The van der Waals surface area contributed by atoms with Gasteiger partial charge >= 0.3 is 5.97 Å². The lowest BCUT2D eigenvalue weighted by Crippen LogP contribution is -2.19. The number of carboxylic acids is 1. The van der Waals surface area contributed by atoms with Gasteiger partial charge in [-0.15, -0.1) is 0 Å².